The highest BCUT2D eigenvalue weighted by Crippen LogP contribution is 2.35. The fourth-order valence-electron chi connectivity index (χ4n) is 4.09. The summed E-state index contributed by atoms with van der Waals surface area (Å²) in [6, 6.07) is 13.7. The largest absolute Gasteiger partial charge is 0.497 e. The number of rotatable bonds is 7. The third-order valence-corrected chi connectivity index (χ3v) is 7.12. The van der Waals surface area contributed by atoms with Gasteiger partial charge in [0.25, 0.3) is 0 Å². The molecule has 1 heterocycles. The van der Waals surface area contributed by atoms with Crippen LogP contribution in [-0.4, -0.2) is 41.2 Å². The molecule has 2 aromatic rings. The van der Waals surface area contributed by atoms with Gasteiger partial charge in [0.05, 0.1) is 29.9 Å². The Kier molecular flexibility index (Phi) is 7.02. The quantitative estimate of drug-likeness (QED) is 0.459. The van der Waals surface area contributed by atoms with Crippen molar-refractivity contribution in [2.45, 2.75) is 29.4 Å². The molecule has 0 saturated carbocycles. The molecule has 1 fully saturated rings. The number of carbonyl (C=O) groups excluding carboxylic acids is 3. The molecule has 0 unspecified atom stereocenters. The fraction of sp³-hybridized carbons (Fsp3) is 0.280. The third-order valence-electron chi connectivity index (χ3n) is 5.92. The van der Waals surface area contributed by atoms with Gasteiger partial charge in [-0.1, -0.05) is 12.2 Å². The monoisotopic (exact) mass is 480 g/mol. The zero-order valence-electron chi connectivity index (χ0n) is 18.5. The van der Waals surface area contributed by atoms with E-state index in [1.165, 1.54) is 16.7 Å². The predicted molar refractivity (Wildman–Crippen MR) is 128 cm³/mol. The summed E-state index contributed by atoms with van der Waals surface area (Å²) >= 11 is 1.29. The van der Waals surface area contributed by atoms with Crippen molar-refractivity contribution in [3.05, 3.63) is 60.7 Å². The number of ether oxygens (including phenoxy) is 1. The van der Waals surface area contributed by atoms with Gasteiger partial charge < -0.3 is 15.2 Å². The number of allylic oxidation sites excluding steroid dienone is 2. The molecule has 0 spiro atoms. The first-order valence-corrected chi connectivity index (χ1v) is 11.7. The molecule has 0 radical (unpaired) electrons. The molecule has 1 aliphatic carbocycles. The van der Waals surface area contributed by atoms with Crippen LogP contribution < -0.4 is 15.0 Å². The lowest BCUT2D eigenvalue weighted by atomic mass is 9.82. The number of hydrogen-bond acceptors (Lipinski definition) is 6. The van der Waals surface area contributed by atoms with Gasteiger partial charge in [0.2, 0.25) is 17.7 Å². The van der Waals surface area contributed by atoms with Crippen LogP contribution in [0.25, 0.3) is 0 Å². The van der Waals surface area contributed by atoms with Crippen LogP contribution in [0.1, 0.15) is 19.3 Å². The Morgan fingerprint density at radius 1 is 1.00 bits per heavy atom. The Bertz CT molecular complexity index is 1130. The number of aliphatic carboxylic acids is 1. The molecule has 4 rings (SSSR count). The van der Waals surface area contributed by atoms with Gasteiger partial charge in [-0.15, -0.1) is 11.8 Å². The minimum atomic E-state index is -0.976. The van der Waals surface area contributed by atoms with Crippen LogP contribution in [0.4, 0.5) is 11.4 Å². The molecule has 3 amide bonds. The van der Waals surface area contributed by atoms with Crippen LogP contribution in [-0.2, 0) is 19.2 Å². The van der Waals surface area contributed by atoms with Gasteiger partial charge in [-0.05, 0) is 61.4 Å². The lowest BCUT2D eigenvalue weighted by Crippen LogP contribution is -2.34. The number of carboxylic acids is 1. The number of imide groups is 1. The Morgan fingerprint density at radius 3 is 2.26 bits per heavy atom. The molecule has 2 aliphatic rings. The maximum absolute atomic E-state index is 12.9. The topological polar surface area (TPSA) is 113 Å². The van der Waals surface area contributed by atoms with Gasteiger partial charge in [0, 0.05) is 17.0 Å². The first kappa shape index (κ1) is 23.6. The maximum atomic E-state index is 12.9. The van der Waals surface area contributed by atoms with Gasteiger partial charge >= 0.3 is 5.97 Å². The summed E-state index contributed by atoms with van der Waals surface area (Å²) in [5, 5.41) is 11.6. The second-order valence-electron chi connectivity index (χ2n) is 8.08. The van der Waals surface area contributed by atoms with Crippen molar-refractivity contribution in [1.29, 1.82) is 0 Å². The molecule has 34 heavy (non-hydrogen) atoms. The highest BCUT2D eigenvalue weighted by Gasteiger charge is 2.40. The molecular formula is C25H24N2O6S. The summed E-state index contributed by atoms with van der Waals surface area (Å²) in [7, 11) is 1.55. The number of anilines is 2. The van der Waals surface area contributed by atoms with Crippen LogP contribution >= 0.6 is 11.8 Å². The molecule has 0 aromatic heterocycles. The summed E-state index contributed by atoms with van der Waals surface area (Å²) in [4.78, 5) is 51.5. The zero-order valence-corrected chi connectivity index (χ0v) is 19.3. The summed E-state index contributed by atoms with van der Waals surface area (Å²) in [6.07, 6.45) is 4.45. The Balaban J connectivity index is 1.38. The Labute approximate surface area is 201 Å². The molecule has 1 saturated heterocycles. The molecule has 3 atom stereocenters. The number of benzene rings is 2. The number of hydrogen-bond donors (Lipinski definition) is 2. The van der Waals surface area contributed by atoms with Gasteiger partial charge in [0.1, 0.15) is 5.75 Å². The molecular weight excluding hydrogens is 456 g/mol. The minimum absolute atomic E-state index is 0.0970. The van der Waals surface area contributed by atoms with Crippen LogP contribution in [0.3, 0.4) is 0 Å². The highest BCUT2D eigenvalue weighted by atomic mass is 32.2. The van der Waals surface area contributed by atoms with E-state index in [0.717, 1.165) is 4.90 Å². The SMILES string of the molecule is COc1ccc(N2C(=O)C[C@@H](Sc3ccc(NC(=O)[C@H]4CC=CC[C@@H]4C(=O)O)cc3)C2=O)cc1. The number of nitrogens with zero attached hydrogens (tertiary/aromatic N) is 1. The Hall–Kier alpha value is -3.59. The van der Waals surface area contributed by atoms with Gasteiger partial charge in [-0.2, -0.15) is 0 Å². The predicted octanol–water partition coefficient (Wildman–Crippen LogP) is 3.72. The van der Waals surface area contributed by atoms with E-state index >= 15 is 0 Å². The van der Waals surface area contributed by atoms with E-state index in [2.05, 4.69) is 5.32 Å². The summed E-state index contributed by atoms with van der Waals surface area (Å²) < 4.78 is 5.12. The van der Waals surface area contributed by atoms with Gasteiger partial charge in [0.15, 0.2) is 0 Å². The van der Waals surface area contributed by atoms with E-state index in [1.807, 2.05) is 6.08 Å². The third kappa shape index (κ3) is 4.99. The number of methoxy groups -OCH3 is 1. The average molecular weight is 481 g/mol. The van der Waals surface area contributed by atoms with Crippen LogP contribution in [0.5, 0.6) is 5.75 Å². The van der Waals surface area contributed by atoms with E-state index < -0.39 is 23.1 Å². The van der Waals surface area contributed by atoms with Crippen molar-refractivity contribution < 1.29 is 29.0 Å². The summed E-state index contributed by atoms with van der Waals surface area (Å²) in [5.74, 6) is -2.56. The molecule has 176 valence electrons. The van der Waals surface area contributed by atoms with E-state index in [9.17, 15) is 24.3 Å². The molecule has 0 bridgehead atoms. The van der Waals surface area contributed by atoms with Crippen LogP contribution in [0, 0.1) is 11.8 Å². The van der Waals surface area contributed by atoms with E-state index in [1.54, 1.807) is 61.7 Å². The van der Waals surface area contributed by atoms with Gasteiger partial charge in [-0.25, -0.2) is 4.90 Å². The van der Waals surface area contributed by atoms with E-state index in [-0.39, 0.29) is 24.1 Å². The lowest BCUT2D eigenvalue weighted by molar-refractivity contribution is -0.146. The number of carbonyl (C=O) groups is 4. The van der Waals surface area contributed by atoms with Crippen molar-refractivity contribution in [3.63, 3.8) is 0 Å². The normalized spacial score (nSPS) is 22.0. The number of carboxylic acid groups (broad SMARTS) is 1. The molecule has 8 nitrogen and oxygen atoms in total. The zero-order chi connectivity index (χ0) is 24.2. The van der Waals surface area contributed by atoms with Gasteiger partial charge in [-0.3, -0.25) is 19.2 Å². The average Bonchev–Trinajstić information content (AvgIpc) is 3.12. The second kappa shape index (κ2) is 10.1. The van der Waals surface area contributed by atoms with E-state index in [0.29, 0.717) is 30.0 Å². The van der Waals surface area contributed by atoms with Crippen LogP contribution in [0.15, 0.2) is 65.6 Å². The Morgan fingerprint density at radius 2 is 1.65 bits per heavy atom. The van der Waals surface area contributed by atoms with Crippen molar-refractivity contribution in [2.75, 3.05) is 17.3 Å². The van der Waals surface area contributed by atoms with Crippen LogP contribution in [0.2, 0.25) is 0 Å². The second-order valence-corrected chi connectivity index (χ2v) is 9.36. The van der Waals surface area contributed by atoms with Crippen molar-refractivity contribution in [3.8, 4) is 5.75 Å². The molecule has 1 aliphatic heterocycles. The van der Waals surface area contributed by atoms with Crippen molar-refractivity contribution in [2.24, 2.45) is 11.8 Å². The van der Waals surface area contributed by atoms with Crippen molar-refractivity contribution >= 4 is 46.8 Å². The lowest BCUT2D eigenvalue weighted by Gasteiger charge is -2.24. The number of nitrogens with one attached hydrogen (secondary N) is 1. The van der Waals surface area contributed by atoms with E-state index in [4.69, 9.17) is 4.74 Å². The molecule has 9 heteroatoms. The number of thioether (sulfide) groups is 1. The highest BCUT2D eigenvalue weighted by molar-refractivity contribution is 8.00. The number of amides is 3. The standard InChI is InChI=1S/C25H24N2O6S/c1-33-17-10-8-16(9-11-17)27-22(28)14-21(24(27)30)34-18-12-6-15(7-13-18)26-23(29)19-4-2-3-5-20(19)25(31)32/h2-3,6-13,19-21H,4-5,14H2,1H3,(H,26,29)(H,31,32)/t19-,20-,21+/m0/s1. The maximum Gasteiger partial charge on any atom is 0.307 e. The first-order chi connectivity index (χ1) is 16.4. The molecule has 2 N–H and O–H groups in total. The molecule has 2 aromatic carbocycles. The smallest absolute Gasteiger partial charge is 0.307 e. The summed E-state index contributed by atoms with van der Waals surface area (Å²) in [5.41, 5.74) is 1.05. The fourth-order valence-corrected chi connectivity index (χ4v) is 5.15. The van der Waals surface area contributed by atoms with Crippen molar-refractivity contribution in [1.82, 2.24) is 0 Å². The summed E-state index contributed by atoms with van der Waals surface area (Å²) in [6.45, 7) is 0. The minimum Gasteiger partial charge on any atom is -0.497 e. The first-order valence-electron chi connectivity index (χ1n) is 10.8.